The average molecular weight is 234 g/mol. The molecule has 0 aliphatic carbocycles. The third kappa shape index (κ3) is 2.40. The summed E-state index contributed by atoms with van der Waals surface area (Å²) in [6, 6.07) is 1.93. The van der Waals surface area contributed by atoms with Gasteiger partial charge in [-0.05, 0) is 18.1 Å². The number of hydrogen-bond acceptors (Lipinski definition) is 2. The summed E-state index contributed by atoms with van der Waals surface area (Å²) in [4.78, 5) is 0. The van der Waals surface area contributed by atoms with Crippen molar-refractivity contribution < 1.29 is 23.0 Å². The van der Waals surface area contributed by atoms with Gasteiger partial charge in [0.25, 0.3) is 0 Å². The lowest BCUT2D eigenvalue weighted by molar-refractivity contribution is -0.138. The zero-order chi connectivity index (χ0) is 12.5. The number of benzene rings is 1. The molecule has 0 radical (unpaired) electrons. The normalized spacial score (nSPS) is 11.9. The first kappa shape index (κ1) is 12.7. The van der Waals surface area contributed by atoms with E-state index in [-0.39, 0.29) is 17.4 Å². The maximum Gasteiger partial charge on any atom is 0.420 e. The Labute approximate surface area is 91.7 Å². The zero-order valence-corrected chi connectivity index (χ0v) is 9.22. The van der Waals surface area contributed by atoms with Gasteiger partial charge in [-0.2, -0.15) is 13.2 Å². The van der Waals surface area contributed by atoms with Crippen LogP contribution < -0.4 is 4.74 Å². The van der Waals surface area contributed by atoms with E-state index in [0.717, 1.165) is 0 Å². The van der Waals surface area contributed by atoms with Gasteiger partial charge in [0.05, 0.1) is 7.11 Å². The van der Waals surface area contributed by atoms with Crippen LogP contribution in [0.1, 0.15) is 30.9 Å². The van der Waals surface area contributed by atoms with E-state index in [1.807, 2.05) is 0 Å². The summed E-state index contributed by atoms with van der Waals surface area (Å²) < 4.78 is 42.4. The molecule has 0 aliphatic rings. The largest absolute Gasteiger partial charge is 0.508 e. The van der Waals surface area contributed by atoms with Gasteiger partial charge in [0, 0.05) is 5.56 Å². The van der Waals surface area contributed by atoms with E-state index in [1.165, 1.54) is 13.2 Å². The van der Waals surface area contributed by atoms with Crippen LogP contribution in [0, 0.1) is 0 Å². The molecule has 90 valence electrons. The quantitative estimate of drug-likeness (QED) is 0.848. The number of phenols is 1. The van der Waals surface area contributed by atoms with E-state index in [9.17, 15) is 18.3 Å². The number of phenolic OH excluding ortho intramolecular Hbond substituents is 1. The Morgan fingerprint density at radius 1 is 1.25 bits per heavy atom. The van der Waals surface area contributed by atoms with Crippen LogP contribution in [0.2, 0.25) is 0 Å². The fourth-order valence-electron chi connectivity index (χ4n) is 1.44. The van der Waals surface area contributed by atoms with E-state index < -0.39 is 11.7 Å². The first-order chi connectivity index (χ1) is 7.27. The number of rotatable bonds is 2. The minimum absolute atomic E-state index is 0.0730. The summed E-state index contributed by atoms with van der Waals surface area (Å²) in [5.74, 6) is -0.701. The van der Waals surface area contributed by atoms with Gasteiger partial charge in [-0.1, -0.05) is 13.8 Å². The number of methoxy groups -OCH3 is 1. The van der Waals surface area contributed by atoms with Gasteiger partial charge in [-0.15, -0.1) is 0 Å². The van der Waals surface area contributed by atoms with Gasteiger partial charge in [0.2, 0.25) is 0 Å². The van der Waals surface area contributed by atoms with Crippen molar-refractivity contribution in [1.82, 2.24) is 0 Å². The van der Waals surface area contributed by atoms with Crippen molar-refractivity contribution >= 4 is 0 Å². The molecule has 0 heterocycles. The molecule has 0 aromatic heterocycles. The van der Waals surface area contributed by atoms with Crippen LogP contribution in [0.4, 0.5) is 13.2 Å². The lowest BCUT2D eigenvalue weighted by atomic mass is 9.99. The summed E-state index contributed by atoms with van der Waals surface area (Å²) in [6.07, 6.45) is -4.53. The fraction of sp³-hybridized carbons (Fsp3) is 0.455. The van der Waals surface area contributed by atoms with E-state index in [0.29, 0.717) is 11.6 Å². The highest BCUT2D eigenvalue weighted by Crippen LogP contribution is 2.41. The van der Waals surface area contributed by atoms with Gasteiger partial charge in [-0.25, -0.2) is 0 Å². The van der Waals surface area contributed by atoms with E-state index in [2.05, 4.69) is 4.74 Å². The van der Waals surface area contributed by atoms with Crippen LogP contribution in [-0.4, -0.2) is 12.2 Å². The van der Waals surface area contributed by atoms with Crippen LogP contribution in [0.5, 0.6) is 11.5 Å². The standard InChI is InChI=1S/C11H13F3O2/c1-6(2)7-4-10(16-3)8(5-9(7)15)11(12,13)14/h4-6,15H,1-3H3. The second kappa shape index (κ2) is 4.23. The van der Waals surface area contributed by atoms with Crippen LogP contribution in [-0.2, 0) is 6.18 Å². The Hall–Kier alpha value is -1.39. The fourth-order valence-corrected chi connectivity index (χ4v) is 1.44. The Morgan fingerprint density at radius 2 is 1.81 bits per heavy atom. The zero-order valence-electron chi connectivity index (χ0n) is 9.22. The van der Waals surface area contributed by atoms with Crippen LogP contribution in [0.15, 0.2) is 12.1 Å². The van der Waals surface area contributed by atoms with Crippen LogP contribution >= 0.6 is 0 Å². The lowest BCUT2D eigenvalue weighted by Crippen LogP contribution is -2.08. The average Bonchev–Trinajstić information content (AvgIpc) is 2.15. The van der Waals surface area contributed by atoms with Gasteiger partial charge < -0.3 is 9.84 Å². The van der Waals surface area contributed by atoms with Crippen molar-refractivity contribution in [3.63, 3.8) is 0 Å². The Kier molecular flexibility index (Phi) is 3.35. The molecule has 0 aliphatic heterocycles. The molecule has 1 aromatic rings. The summed E-state index contributed by atoms with van der Waals surface area (Å²) in [6.45, 7) is 3.56. The first-order valence-corrected chi connectivity index (χ1v) is 4.75. The molecule has 1 rings (SSSR count). The molecule has 0 fully saturated rings. The molecular formula is C11H13F3O2. The molecule has 0 amide bonds. The molecule has 0 bridgehead atoms. The number of alkyl halides is 3. The summed E-state index contributed by atoms with van der Waals surface area (Å²) >= 11 is 0. The van der Waals surface area contributed by atoms with E-state index in [4.69, 9.17) is 0 Å². The molecule has 1 N–H and O–H groups in total. The molecule has 0 saturated heterocycles. The Bertz CT molecular complexity index is 384. The molecule has 0 spiro atoms. The second-order valence-corrected chi connectivity index (χ2v) is 3.76. The van der Waals surface area contributed by atoms with Crippen molar-refractivity contribution in [2.45, 2.75) is 25.9 Å². The van der Waals surface area contributed by atoms with Crippen molar-refractivity contribution in [1.29, 1.82) is 0 Å². The molecule has 16 heavy (non-hydrogen) atoms. The predicted octanol–water partition coefficient (Wildman–Crippen LogP) is 3.54. The van der Waals surface area contributed by atoms with E-state index in [1.54, 1.807) is 13.8 Å². The topological polar surface area (TPSA) is 29.5 Å². The van der Waals surface area contributed by atoms with Gasteiger partial charge >= 0.3 is 6.18 Å². The third-order valence-corrected chi connectivity index (χ3v) is 2.28. The highest BCUT2D eigenvalue weighted by atomic mass is 19.4. The highest BCUT2D eigenvalue weighted by molar-refractivity contribution is 5.48. The van der Waals surface area contributed by atoms with Crippen molar-refractivity contribution in [2.24, 2.45) is 0 Å². The number of halogens is 3. The molecule has 0 saturated carbocycles. The van der Waals surface area contributed by atoms with Gasteiger partial charge in [0.1, 0.15) is 17.1 Å². The molecule has 5 heteroatoms. The van der Waals surface area contributed by atoms with Crippen molar-refractivity contribution in [2.75, 3.05) is 7.11 Å². The Morgan fingerprint density at radius 3 is 2.19 bits per heavy atom. The van der Waals surface area contributed by atoms with Gasteiger partial charge in [0.15, 0.2) is 0 Å². The molecule has 2 nitrogen and oxygen atoms in total. The smallest absolute Gasteiger partial charge is 0.420 e. The lowest BCUT2D eigenvalue weighted by Gasteiger charge is -2.16. The predicted molar refractivity (Wildman–Crippen MR) is 53.7 cm³/mol. The molecule has 0 unspecified atom stereocenters. The minimum atomic E-state index is -4.53. The highest BCUT2D eigenvalue weighted by Gasteiger charge is 2.35. The maximum absolute atomic E-state index is 12.6. The molecule has 1 aromatic carbocycles. The van der Waals surface area contributed by atoms with Gasteiger partial charge in [-0.3, -0.25) is 0 Å². The van der Waals surface area contributed by atoms with Crippen LogP contribution in [0.3, 0.4) is 0 Å². The minimum Gasteiger partial charge on any atom is -0.508 e. The van der Waals surface area contributed by atoms with Crippen molar-refractivity contribution in [3.8, 4) is 11.5 Å². The SMILES string of the molecule is COc1cc(C(C)C)c(O)cc1C(F)(F)F. The summed E-state index contributed by atoms with van der Waals surface area (Å²) in [5, 5.41) is 9.49. The molecule has 0 atom stereocenters. The summed E-state index contributed by atoms with van der Waals surface area (Å²) in [7, 11) is 1.17. The first-order valence-electron chi connectivity index (χ1n) is 4.75. The van der Waals surface area contributed by atoms with E-state index >= 15 is 0 Å². The number of ether oxygens (including phenoxy) is 1. The number of aromatic hydroxyl groups is 1. The van der Waals surface area contributed by atoms with Crippen LogP contribution in [0.25, 0.3) is 0 Å². The molecular weight excluding hydrogens is 221 g/mol. The van der Waals surface area contributed by atoms with Crippen molar-refractivity contribution in [3.05, 3.63) is 23.3 Å². The monoisotopic (exact) mass is 234 g/mol. The number of hydrogen-bond donors (Lipinski definition) is 1. The second-order valence-electron chi connectivity index (χ2n) is 3.76. The maximum atomic E-state index is 12.6. The summed E-state index contributed by atoms with van der Waals surface area (Å²) in [5.41, 5.74) is -0.526. The Balaban J connectivity index is 3.38. The third-order valence-electron chi connectivity index (χ3n) is 2.28.